The van der Waals surface area contributed by atoms with Crippen molar-refractivity contribution in [2.24, 2.45) is 0 Å². The number of rotatable bonds is 12. The predicted octanol–water partition coefficient (Wildman–Crippen LogP) is 5.83. The number of hydrogen-bond donors (Lipinski definition) is 1. The molecule has 2 aromatic carbocycles. The van der Waals surface area contributed by atoms with E-state index < -0.39 is 38.6 Å². The van der Waals surface area contributed by atoms with Gasteiger partial charge in [0.05, 0.1) is 42.8 Å². The van der Waals surface area contributed by atoms with Crippen LogP contribution in [0, 0.1) is 10.1 Å². The van der Waals surface area contributed by atoms with Gasteiger partial charge >= 0.3 is 6.18 Å². The van der Waals surface area contributed by atoms with Crippen molar-refractivity contribution < 1.29 is 36.0 Å². The highest BCUT2D eigenvalue weighted by atomic mass is 32.2. The van der Waals surface area contributed by atoms with Crippen LogP contribution in [0.4, 0.5) is 24.0 Å². The molecular formula is C29H25F3N6O6S3. The smallest absolute Gasteiger partial charge is 0.378 e. The first-order valence-corrected chi connectivity index (χ1v) is 16.8. The van der Waals surface area contributed by atoms with Gasteiger partial charge in [0.15, 0.2) is 5.13 Å². The zero-order chi connectivity index (χ0) is 33.9. The average molecular weight is 707 g/mol. The minimum absolute atomic E-state index is 0.0908. The van der Waals surface area contributed by atoms with E-state index in [4.69, 9.17) is 4.74 Å². The Hall–Kier alpha value is -4.36. The fraction of sp³-hybridized carbons (Fsp3) is 0.241. The number of benzene rings is 2. The molecule has 3 aromatic heterocycles. The summed E-state index contributed by atoms with van der Waals surface area (Å²) in [4.78, 5) is 38.5. The van der Waals surface area contributed by atoms with E-state index in [0.29, 0.717) is 21.1 Å². The van der Waals surface area contributed by atoms with Crippen LogP contribution in [0.2, 0.25) is 0 Å². The normalized spacial score (nSPS) is 12.7. The summed E-state index contributed by atoms with van der Waals surface area (Å²) in [7, 11) is -2.83. The Morgan fingerprint density at radius 1 is 1.09 bits per heavy atom. The van der Waals surface area contributed by atoms with E-state index in [0.717, 1.165) is 58.0 Å². The Morgan fingerprint density at radius 3 is 2.38 bits per heavy atom. The largest absolute Gasteiger partial charge is 0.416 e. The van der Waals surface area contributed by atoms with E-state index in [1.807, 2.05) is 0 Å². The lowest BCUT2D eigenvalue weighted by molar-refractivity contribution is -0.384. The van der Waals surface area contributed by atoms with Crippen molar-refractivity contribution >= 4 is 59.6 Å². The first-order chi connectivity index (χ1) is 22.2. The van der Waals surface area contributed by atoms with Crippen LogP contribution in [-0.4, -0.2) is 53.9 Å². The molecule has 47 heavy (non-hydrogen) atoms. The number of hydrogen-bond acceptors (Lipinski definition) is 11. The molecule has 18 heteroatoms. The summed E-state index contributed by atoms with van der Waals surface area (Å²) in [6, 6.07) is 9.13. The van der Waals surface area contributed by atoms with E-state index in [1.165, 1.54) is 42.4 Å². The van der Waals surface area contributed by atoms with Crippen LogP contribution in [0.15, 0.2) is 71.9 Å². The molecular weight excluding hydrogens is 682 g/mol. The lowest BCUT2D eigenvalue weighted by Gasteiger charge is -2.26. The number of nitro benzene ring substituents is 1. The monoisotopic (exact) mass is 706 g/mol. The van der Waals surface area contributed by atoms with E-state index >= 15 is 0 Å². The van der Waals surface area contributed by atoms with Gasteiger partial charge in [0.1, 0.15) is 5.01 Å². The second-order valence-corrected chi connectivity index (χ2v) is 13.9. The maximum atomic E-state index is 13.4. The van der Waals surface area contributed by atoms with E-state index in [2.05, 4.69) is 19.7 Å². The number of sulfonamides is 1. The number of carbonyl (C=O) groups is 1. The molecule has 1 N–H and O–H groups in total. The fourth-order valence-electron chi connectivity index (χ4n) is 4.59. The Balaban J connectivity index is 1.50. The average Bonchev–Trinajstić information content (AvgIpc) is 3.64. The number of halogens is 3. The Bertz CT molecular complexity index is 1980. The summed E-state index contributed by atoms with van der Waals surface area (Å²) in [5.41, 5.74) is 0.390. The maximum absolute atomic E-state index is 13.4. The molecule has 0 aliphatic heterocycles. The fourth-order valence-corrected chi connectivity index (χ4v) is 7.97. The zero-order valence-corrected chi connectivity index (χ0v) is 27.0. The maximum Gasteiger partial charge on any atom is 0.416 e. The number of amides is 1. The highest BCUT2D eigenvalue weighted by molar-refractivity contribution is 7.89. The van der Waals surface area contributed by atoms with Crippen LogP contribution in [-0.2, 0) is 38.8 Å². The second kappa shape index (κ2) is 13.8. The number of alkyl halides is 3. The molecule has 0 fully saturated rings. The molecule has 5 aromatic rings. The van der Waals surface area contributed by atoms with Crippen molar-refractivity contribution in [2.75, 3.05) is 18.6 Å². The van der Waals surface area contributed by atoms with Crippen molar-refractivity contribution in [1.29, 1.82) is 0 Å². The SMILES string of the molecule is COCc1nc(N(C[C@H](Cc2ccc(C(F)(F)F)cc2)NS(=O)(=O)c2ccc([N+](=O)[O-])cc2)C(C)=O)sc1-c1nc2ccncc2s1. The first-order valence-electron chi connectivity index (χ1n) is 13.7. The summed E-state index contributed by atoms with van der Waals surface area (Å²) in [5, 5.41) is 11.9. The molecule has 1 atom stereocenters. The highest BCUT2D eigenvalue weighted by Crippen LogP contribution is 2.39. The lowest BCUT2D eigenvalue weighted by Crippen LogP contribution is -2.46. The highest BCUT2D eigenvalue weighted by Gasteiger charge is 2.31. The molecule has 0 saturated carbocycles. The van der Waals surface area contributed by atoms with Gasteiger partial charge in [-0.1, -0.05) is 23.5 Å². The van der Waals surface area contributed by atoms with Gasteiger partial charge in [-0.25, -0.2) is 23.1 Å². The van der Waals surface area contributed by atoms with Crippen LogP contribution >= 0.6 is 22.7 Å². The number of thiazole rings is 2. The molecule has 0 aliphatic rings. The van der Waals surface area contributed by atoms with Crippen LogP contribution in [0.5, 0.6) is 0 Å². The summed E-state index contributed by atoms with van der Waals surface area (Å²) in [5.74, 6) is -0.477. The minimum atomic E-state index is -4.57. The number of aromatic nitrogens is 3. The standard InChI is InChI=1S/C29H25F3N6O6S3/c1-17(39)37(28-35-24(16-44-2)26(46-28)27-34-23-11-12-33-14-25(23)45-27)15-20(13-18-3-5-19(6-4-18)29(30,31)32)36-47(42,43)22-9-7-21(8-10-22)38(40)41/h3-12,14,20,36H,13,15-16H2,1-2H3/t20-/m0/s1. The lowest BCUT2D eigenvalue weighted by atomic mass is 10.0. The van der Waals surface area contributed by atoms with Crippen molar-refractivity contribution in [3.8, 4) is 9.88 Å². The number of methoxy groups -OCH3 is 1. The van der Waals surface area contributed by atoms with Crippen molar-refractivity contribution in [3.63, 3.8) is 0 Å². The number of nitrogens with zero attached hydrogens (tertiary/aromatic N) is 5. The van der Waals surface area contributed by atoms with Crippen molar-refractivity contribution in [2.45, 2.75) is 37.1 Å². The predicted molar refractivity (Wildman–Crippen MR) is 170 cm³/mol. The number of anilines is 1. The number of nitrogens with one attached hydrogen (secondary N) is 1. The van der Waals surface area contributed by atoms with Gasteiger partial charge in [-0.2, -0.15) is 13.2 Å². The van der Waals surface area contributed by atoms with Crippen molar-refractivity contribution in [3.05, 3.63) is 93.9 Å². The van der Waals surface area contributed by atoms with Crippen LogP contribution in [0.3, 0.4) is 0 Å². The summed E-state index contributed by atoms with van der Waals surface area (Å²) in [6.45, 7) is 1.11. The molecule has 246 valence electrons. The molecule has 1 amide bonds. The number of carbonyl (C=O) groups excluding carboxylic acids is 1. The molecule has 5 rings (SSSR count). The second-order valence-electron chi connectivity index (χ2n) is 10.2. The van der Waals surface area contributed by atoms with Crippen LogP contribution in [0.25, 0.3) is 20.1 Å². The molecule has 0 aliphatic carbocycles. The first kappa shape index (κ1) is 34.0. The molecule has 0 radical (unpaired) electrons. The third-order valence-corrected chi connectivity index (χ3v) is 10.6. The van der Waals surface area contributed by atoms with Gasteiger partial charge < -0.3 is 4.74 Å². The number of fused-ring (bicyclic) bond motifs is 1. The topological polar surface area (TPSA) is 158 Å². The van der Waals surface area contributed by atoms with Crippen LogP contribution in [0.1, 0.15) is 23.7 Å². The van der Waals surface area contributed by atoms with Gasteiger partial charge in [0.25, 0.3) is 5.69 Å². The Kier molecular flexibility index (Phi) is 9.97. The minimum Gasteiger partial charge on any atom is -0.378 e. The Morgan fingerprint density at radius 2 is 1.79 bits per heavy atom. The summed E-state index contributed by atoms with van der Waals surface area (Å²) < 4.78 is 75.1. The number of non-ortho nitro benzene ring substituents is 1. The summed E-state index contributed by atoms with van der Waals surface area (Å²) >= 11 is 2.53. The summed E-state index contributed by atoms with van der Waals surface area (Å²) in [6.07, 6.45) is -1.38. The van der Waals surface area contributed by atoms with E-state index in [1.54, 1.807) is 18.5 Å². The van der Waals surface area contributed by atoms with Gasteiger partial charge in [0, 0.05) is 51.1 Å². The van der Waals surface area contributed by atoms with Gasteiger partial charge in [-0.15, -0.1) is 11.3 Å². The van der Waals surface area contributed by atoms with Crippen LogP contribution < -0.4 is 9.62 Å². The molecule has 0 saturated heterocycles. The van der Waals surface area contributed by atoms with Gasteiger partial charge in [0.2, 0.25) is 15.9 Å². The zero-order valence-electron chi connectivity index (χ0n) is 24.6. The number of nitro groups is 1. The Labute approximate surface area is 274 Å². The third-order valence-electron chi connectivity index (χ3n) is 6.81. The number of ether oxygens (including phenoxy) is 1. The molecule has 0 unspecified atom stereocenters. The molecule has 12 nitrogen and oxygen atoms in total. The number of pyridine rings is 1. The van der Waals surface area contributed by atoms with Gasteiger partial charge in [-0.3, -0.25) is 24.8 Å². The molecule has 0 spiro atoms. The molecule has 0 bridgehead atoms. The third kappa shape index (κ3) is 7.96. The van der Waals surface area contributed by atoms with Crippen molar-refractivity contribution in [1.82, 2.24) is 19.7 Å². The quantitative estimate of drug-likeness (QED) is 0.125. The van der Waals surface area contributed by atoms with E-state index in [-0.39, 0.29) is 35.3 Å². The molecule has 3 heterocycles. The van der Waals surface area contributed by atoms with E-state index in [9.17, 15) is 36.5 Å². The van der Waals surface area contributed by atoms with Gasteiger partial charge in [-0.05, 0) is 42.3 Å².